The third-order valence-corrected chi connectivity index (χ3v) is 4.87. The van der Waals surface area contributed by atoms with E-state index < -0.39 is 0 Å². The standard InChI is InChI=1S/C12H15N3O2S2/c1-2-7(5-11(13)15-17)14-12(16)10-6-9-8(19-10)3-4-18-9/h3-4,6-7,17H,2,5H2,1H3,(H2,13,15)(H,14,16). The molecule has 19 heavy (non-hydrogen) atoms. The fraction of sp³-hybridized carbons (Fsp3) is 0.333. The first-order valence-electron chi connectivity index (χ1n) is 5.88. The van der Waals surface area contributed by atoms with Gasteiger partial charge in [0.05, 0.1) is 4.88 Å². The van der Waals surface area contributed by atoms with Gasteiger partial charge < -0.3 is 16.3 Å². The molecular formula is C12H15N3O2S2. The van der Waals surface area contributed by atoms with Gasteiger partial charge in [-0.2, -0.15) is 0 Å². The van der Waals surface area contributed by atoms with E-state index in [0.29, 0.717) is 11.3 Å². The van der Waals surface area contributed by atoms with Crippen LogP contribution in [0, 0.1) is 0 Å². The topological polar surface area (TPSA) is 87.7 Å². The largest absolute Gasteiger partial charge is 0.409 e. The van der Waals surface area contributed by atoms with Crippen molar-refractivity contribution in [1.29, 1.82) is 0 Å². The molecule has 0 aliphatic carbocycles. The van der Waals surface area contributed by atoms with Crippen LogP contribution in [0.1, 0.15) is 29.4 Å². The van der Waals surface area contributed by atoms with Crippen molar-refractivity contribution < 1.29 is 10.0 Å². The fourth-order valence-electron chi connectivity index (χ4n) is 1.72. The van der Waals surface area contributed by atoms with E-state index in [1.165, 1.54) is 11.3 Å². The van der Waals surface area contributed by atoms with E-state index in [-0.39, 0.29) is 17.8 Å². The summed E-state index contributed by atoms with van der Waals surface area (Å²) in [5.41, 5.74) is 5.46. The molecule has 4 N–H and O–H groups in total. The summed E-state index contributed by atoms with van der Waals surface area (Å²) in [7, 11) is 0. The Morgan fingerprint density at radius 3 is 3.00 bits per heavy atom. The van der Waals surface area contributed by atoms with Crippen LogP contribution in [0.4, 0.5) is 0 Å². The Balaban J connectivity index is 2.05. The molecule has 5 nitrogen and oxygen atoms in total. The van der Waals surface area contributed by atoms with Crippen molar-refractivity contribution in [2.75, 3.05) is 0 Å². The molecule has 0 saturated carbocycles. The smallest absolute Gasteiger partial charge is 0.261 e. The highest BCUT2D eigenvalue weighted by Gasteiger charge is 2.16. The van der Waals surface area contributed by atoms with Crippen LogP contribution in [-0.2, 0) is 0 Å². The lowest BCUT2D eigenvalue weighted by atomic mass is 10.1. The summed E-state index contributed by atoms with van der Waals surface area (Å²) in [6, 6.07) is 3.79. The van der Waals surface area contributed by atoms with Gasteiger partial charge in [-0.1, -0.05) is 12.1 Å². The summed E-state index contributed by atoms with van der Waals surface area (Å²) >= 11 is 3.10. The Hall–Kier alpha value is -1.60. The zero-order chi connectivity index (χ0) is 13.8. The minimum atomic E-state index is -0.122. The van der Waals surface area contributed by atoms with E-state index in [2.05, 4.69) is 10.5 Å². The van der Waals surface area contributed by atoms with Gasteiger partial charge in [0.15, 0.2) is 0 Å². The van der Waals surface area contributed by atoms with E-state index in [1.54, 1.807) is 11.3 Å². The third kappa shape index (κ3) is 3.24. The van der Waals surface area contributed by atoms with Gasteiger partial charge in [0, 0.05) is 21.9 Å². The SMILES string of the molecule is CCC(C/C(N)=N/O)NC(=O)c1cc2sccc2s1. The molecule has 0 radical (unpaired) electrons. The van der Waals surface area contributed by atoms with Crippen molar-refractivity contribution in [2.24, 2.45) is 10.9 Å². The maximum atomic E-state index is 12.1. The number of nitrogens with one attached hydrogen (secondary N) is 1. The summed E-state index contributed by atoms with van der Waals surface area (Å²) in [5, 5.41) is 16.4. The van der Waals surface area contributed by atoms with Crippen molar-refractivity contribution in [3.8, 4) is 0 Å². The number of hydrogen-bond acceptors (Lipinski definition) is 5. The van der Waals surface area contributed by atoms with Crippen LogP contribution in [0.5, 0.6) is 0 Å². The number of carbonyl (C=O) groups is 1. The molecule has 2 heterocycles. The van der Waals surface area contributed by atoms with Crippen LogP contribution < -0.4 is 11.1 Å². The molecule has 1 atom stereocenters. The van der Waals surface area contributed by atoms with Gasteiger partial charge in [0.25, 0.3) is 5.91 Å². The molecule has 0 saturated heterocycles. The molecule has 2 aromatic heterocycles. The van der Waals surface area contributed by atoms with Crippen LogP contribution in [-0.4, -0.2) is 23.0 Å². The molecular weight excluding hydrogens is 282 g/mol. The maximum absolute atomic E-state index is 12.1. The fourth-order valence-corrected chi connectivity index (χ4v) is 3.74. The van der Waals surface area contributed by atoms with E-state index in [0.717, 1.165) is 15.8 Å². The Morgan fingerprint density at radius 2 is 2.37 bits per heavy atom. The normalized spacial score (nSPS) is 13.6. The minimum Gasteiger partial charge on any atom is -0.409 e. The molecule has 7 heteroatoms. The average Bonchev–Trinajstić information content (AvgIpc) is 2.98. The number of hydrogen-bond donors (Lipinski definition) is 3. The Kier molecular flexibility index (Phi) is 4.39. The zero-order valence-corrected chi connectivity index (χ0v) is 12.1. The number of nitrogens with two attached hydrogens (primary N) is 1. The van der Waals surface area contributed by atoms with E-state index in [9.17, 15) is 4.79 Å². The maximum Gasteiger partial charge on any atom is 0.261 e. The van der Waals surface area contributed by atoms with Gasteiger partial charge in [-0.15, -0.1) is 22.7 Å². The van der Waals surface area contributed by atoms with E-state index >= 15 is 0 Å². The summed E-state index contributed by atoms with van der Waals surface area (Å²) < 4.78 is 2.25. The zero-order valence-electron chi connectivity index (χ0n) is 10.4. The number of thiophene rings is 2. The molecule has 0 aliphatic heterocycles. The lowest BCUT2D eigenvalue weighted by Crippen LogP contribution is -2.37. The predicted molar refractivity (Wildman–Crippen MR) is 79.3 cm³/mol. The number of fused-ring (bicyclic) bond motifs is 1. The molecule has 2 rings (SSSR count). The van der Waals surface area contributed by atoms with Crippen molar-refractivity contribution in [2.45, 2.75) is 25.8 Å². The molecule has 0 fully saturated rings. The predicted octanol–water partition coefficient (Wildman–Crippen LogP) is 2.61. The van der Waals surface area contributed by atoms with Gasteiger partial charge in [-0.3, -0.25) is 4.79 Å². The molecule has 102 valence electrons. The second-order valence-electron chi connectivity index (χ2n) is 4.13. The Bertz CT molecular complexity index is 574. The van der Waals surface area contributed by atoms with Crippen LogP contribution in [0.2, 0.25) is 0 Å². The number of carbonyl (C=O) groups excluding carboxylic acids is 1. The minimum absolute atomic E-state index is 0.106. The molecule has 2 aromatic rings. The first-order valence-corrected chi connectivity index (χ1v) is 7.58. The van der Waals surface area contributed by atoms with E-state index in [1.807, 2.05) is 24.4 Å². The number of nitrogens with zero attached hydrogens (tertiary/aromatic N) is 1. The summed E-state index contributed by atoms with van der Waals surface area (Å²) in [4.78, 5) is 12.8. The molecule has 1 unspecified atom stereocenters. The first-order chi connectivity index (χ1) is 9.13. The number of amidine groups is 1. The van der Waals surface area contributed by atoms with Crippen LogP contribution in [0.25, 0.3) is 9.40 Å². The molecule has 0 bridgehead atoms. The van der Waals surface area contributed by atoms with E-state index in [4.69, 9.17) is 10.9 Å². The van der Waals surface area contributed by atoms with Gasteiger partial charge >= 0.3 is 0 Å². The van der Waals surface area contributed by atoms with Gasteiger partial charge in [0.1, 0.15) is 5.84 Å². The third-order valence-electron chi connectivity index (χ3n) is 2.78. The highest BCUT2D eigenvalue weighted by atomic mass is 32.1. The van der Waals surface area contributed by atoms with Crippen molar-refractivity contribution >= 4 is 43.8 Å². The number of oxime groups is 1. The molecule has 0 aromatic carbocycles. The second-order valence-corrected chi connectivity index (χ2v) is 6.17. The lowest BCUT2D eigenvalue weighted by Gasteiger charge is -2.15. The number of rotatable bonds is 5. The highest BCUT2D eigenvalue weighted by molar-refractivity contribution is 7.27. The molecule has 0 aliphatic rings. The van der Waals surface area contributed by atoms with Gasteiger partial charge in [-0.05, 0) is 23.9 Å². The quantitative estimate of drug-likeness (QED) is 0.343. The number of amides is 1. The summed E-state index contributed by atoms with van der Waals surface area (Å²) in [5.74, 6) is 0.0188. The lowest BCUT2D eigenvalue weighted by molar-refractivity contribution is 0.0941. The highest BCUT2D eigenvalue weighted by Crippen LogP contribution is 2.29. The monoisotopic (exact) mass is 297 g/mol. The van der Waals surface area contributed by atoms with Gasteiger partial charge in [-0.25, -0.2) is 0 Å². The Labute approximate surface area is 118 Å². The van der Waals surface area contributed by atoms with Crippen LogP contribution in [0.15, 0.2) is 22.7 Å². The average molecular weight is 297 g/mol. The second kappa shape index (κ2) is 6.03. The van der Waals surface area contributed by atoms with Crippen molar-refractivity contribution in [1.82, 2.24) is 5.32 Å². The van der Waals surface area contributed by atoms with Crippen molar-refractivity contribution in [3.63, 3.8) is 0 Å². The van der Waals surface area contributed by atoms with Crippen molar-refractivity contribution in [3.05, 3.63) is 22.4 Å². The van der Waals surface area contributed by atoms with Crippen LogP contribution >= 0.6 is 22.7 Å². The summed E-state index contributed by atoms with van der Waals surface area (Å²) in [6.45, 7) is 1.95. The first kappa shape index (κ1) is 13.8. The van der Waals surface area contributed by atoms with Gasteiger partial charge in [0.2, 0.25) is 0 Å². The molecule has 0 spiro atoms. The van der Waals surface area contributed by atoms with Crippen LogP contribution in [0.3, 0.4) is 0 Å². The Morgan fingerprint density at radius 1 is 1.58 bits per heavy atom. The molecule has 1 amide bonds. The summed E-state index contributed by atoms with van der Waals surface area (Å²) in [6.07, 6.45) is 1.07.